The lowest BCUT2D eigenvalue weighted by Crippen LogP contribution is -2.49. The Morgan fingerprint density at radius 3 is 2.26 bits per heavy atom. The molecule has 0 saturated heterocycles. The van der Waals surface area contributed by atoms with Gasteiger partial charge in [-0.3, -0.25) is 14.4 Å². The van der Waals surface area contributed by atoms with Crippen molar-refractivity contribution in [2.45, 2.75) is 19.9 Å². The molecular formula is C13H17FN2O3. The van der Waals surface area contributed by atoms with E-state index in [1.54, 1.807) is 13.8 Å². The van der Waals surface area contributed by atoms with Gasteiger partial charge in [0.2, 0.25) is 0 Å². The molecule has 5 nitrogen and oxygen atoms in total. The second-order valence-electron chi connectivity index (χ2n) is 4.37. The SMILES string of the molecule is CONC(=O)C(NC(=O)c1ccc(F)cc1)C(C)C. The Morgan fingerprint density at radius 1 is 1.21 bits per heavy atom. The number of carbonyl (C=O) groups excluding carboxylic acids is 2. The lowest BCUT2D eigenvalue weighted by atomic mass is 10.0. The lowest BCUT2D eigenvalue weighted by Gasteiger charge is -2.20. The van der Waals surface area contributed by atoms with Gasteiger partial charge in [-0.25, -0.2) is 9.87 Å². The van der Waals surface area contributed by atoms with Crippen LogP contribution in [-0.4, -0.2) is 25.0 Å². The van der Waals surface area contributed by atoms with Crippen LogP contribution < -0.4 is 10.8 Å². The van der Waals surface area contributed by atoms with E-state index in [9.17, 15) is 14.0 Å². The van der Waals surface area contributed by atoms with E-state index in [2.05, 4.69) is 15.6 Å². The normalized spacial score (nSPS) is 12.1. The van der Waals surface area contributed by atoms with Gasteiger partial charge in [0, 0.05) is 5.56 Å². The van der Waals surface area contributed by atoms with E-state index >= 15 is 0 Å². The summed E-state index contributed by atoms with van der Waals surface area (Å²) >= 11 is 0. The molecule has 2 amide bonds. The first kappa shape index (κ1) is 15.1. The third kappa shape index (κ3) is 4.33. The van der Waals surface area contributed by atoms with Crippen molar-refractivity contribution in [1.29, 1.82) is 0 Å². The fraction of sp³-hybridized carbons (Fsp3) is 0.385. The molecule has 0 aliphatic heterocycles. The molecule has 0 radical (unpaired) electrons. The molecule has 19 heavy (non-hydrogen) atoms. The highest BCUT2D eigenvalue weighted by Crippen LogP contribution is 2.06. The van der Waals surface area contributed by atoms with Gasteiger partial charge in [-0.15, -0.1) is 0 Å². The van der Waals surface area contributed by atoms with Gasteiger partial charge >= 0.3 is 0 Å². The minimum Gasteiger partial charge on any atom is -0.340 e. The van der Waals surface area contributed by atoms with Crippen LogP contribution in [0.1, 0.15) is 24.2 Å². The quantitative estimate of drug-likeness (QED) is 0.790. The summed E-state index contributed by atoms with van der Waals surface area (Å²) in [6, 6.07) is 4.37. The molecule has 0 aliphatic rings. The largest absolute Gasteiger partial charge is 0.340 e. The number of halogens is 1. The van der Waals surface area contributed by atoms with E-state index in [-0.39, 0.29) is 11.5 Å². The Bertz CT molecular complexity index is 446. The summed E-state index contributed by atoms with van der Waals surface area (Å²) in [5.41, 5.74) is 2.47. The molecule has 0 bridgehead atoms. The van der Waals surface area contributed by atoms with Crippen molar-refractivity contribution in [1.82, 2.24) is 10.8 Å². The Kier molecular flexibility index (Phi) is 5.44. The molecule has 0 spiro atoms. The Morgan fingerprint density at radius 2 is 1.79 bits per heavy atom. The highest BCUT2D eigenvalue weighted by atomic mass is 19.1. The first-order chi connectivity index (χ1) is 8.95. The summed E-state index contributed by atoms with van der Waals surface area (Å²) in [5.74, 6) is -1.41. The predicted molar refractivity (Wildman–Crippen MR) is 67.6 cm³/mol. The van der Waals surface area contributed by atoms with E-state index < -0.39 is 23.7 Å². The first-order valence-electron chi connectivity index (χ1n) is 5.85. The molecule has 2 N–H and O–H groups in total. The molecule has 1 aromatic carbocycles. The molecule has 0 fully saturated rings. The van der Waals surface area contributed by atoms with Crippen molar-refractivity contribution in [3.8, 4) is 0 Å². The lowest BCUT2D eigenvalue weighted by molar-refractivity contribution is -0.134. The number of carbonyl (C=O) groups is 2. The summed E-state index contributed by atoms with van der Waals surface area (Å²) in [7, 11) is 1.32. The standard InChI is InChI=1S/C13H17FN2O3/c1-8(2)11(13(18)16-19-3)15-12(17)9-4-6-10(14)7-5-9/h4-8,11H,1-3H3,(H,15,17)(H,16,18). The van der Waals surface area contributed by atoms with Gasteiger partial charge in [0.05, 0.1) is 7.11 Å². The highest BCUT2D eigenvalue weighted by molar-refractivity contribution is 5.97. The van der Waals surface area contributed by atoms with E-state index in [0.717, 1.165) is 0 Å². The van der Waals surface area contributed by atoms with Crippen LogP contribution >= 0.6 is 0 Å². The van der Waals surface area contributed by atoms with Crippen LogP contribution in [0.2, 0.25) is 0 Å². The van der Waals surface area contributed by atoms with E-state index in [1.165, 1.54) is 31.4 Å². The van der Waals surface area contributed by atoms with Gasteiger partial charge in [0.25, 0.3) is 11.8 Å². The Hall–Kier alpha value is -1.95. The van der Waals surface area contributed by atoms with Gasteiger partial charge in [-0.2, -0.15) is 0 Å². The van der Waals surface area contributed by atoms with E-state index in [1.807, 2.05) is 0 Å². The minimum atomic E-state index is -0.725. The number of hydroxylamine groups is 1. The Balaban J connectivity index is 2.76. The molecule has 0 aromatic heterocycles. The molecule has 1 unspecified atom stereocenters. The van der Waals surface area contributed by atoms with Crippen LogP contribution in [-0.2, 0) is 9.63 Å². The molecule has 1 atom stereocenters. The zero-order valence-electron chi connectivity index (χ0n) is 11.1. The van der Waals surface area contributed by atoms with Crippen LogP contribution in [0.25, 0.3) is 0 Å². The summed E-state index contributed by atoms with van der Waals surface area (Å²) in [5, 5.41) is 2.58. The fourth-order valence-electron chi connectivity index (χ4n) is 1.52. The monoisotopic (exact) mass is 268 g/mol. The molecule has 0 heterocycles. The number of hydrogen-bond donors (Lipinski definition) is 2. The number of hydrogen-bond acceptors (Lipinski definition) is 3. The number of rotatable bonds is 5. The second kappa shape index (κ2) is 6.84. The van der Waals surface area contributed by atoms with Crippen molar-refractivity contribution < 1.29 is 18.8 Å². The van der Waals surface area contributed by atoms with Crippen LogP contribution in [0.15, 0.2) is 24.3 Å². The van der Waals surface area contributed by atoms with Gasteiger partial charge in [-0.05, 0) is 30.2 Å². The highest BCUT2D eigenvalue weighted by Gasteiger charge is 2.24. The van der Waals surface area contributed by atoms with Gasteiger partial charge in [-0.1, -0.05) is 13.8 Å². The topological polar surface area (TPSA) is 67.4 Å². The maximum atomic E-state index is 12.8. The predicted octanol–water partition coefficient (Wildman–Crippen LogP) is 1.26. The van der Waals surface area contributed by atoms with Crippen molar-refractivity contribution in [3.05, 3.63) is 35.6 Å². The first-order valence-corrected chi connectivity index (χ1v) is 5.85. The third-order valence-electron chi connectivity index (χ3n) is 2.54. The molecule has 6 heteroatoms. The van der Waals surface area contributed by atoms with Crippen LogP contribution in [0.5, 0.6) is 0 Å². The zero-order valence-corrected chi connectivity index (χ0v) is 11.1. The van der Waals surface area contributed by atoms with Gasteiger partial charge in [0.1, 0.15) is 11.9 Å². The average Bonchev–Trinajstić information content (AvgIpc) is 2.36. The molecule has 1 rings (SSSR count). The van der Waals surface area contributed by atoms with Crippen molar-refractivity contribution in [2.24, 2.45) is 5.92 Å². The van der Waals surface area contributed by atoms with E-state index in [0.29, 0.717) is 0 Å². The van der Waals surface area contributed by atoms with E-state index in [4.69, 9.17) is 0 Å². The fourth-order valence-corrected chi connectivity index (χ4v) is 1.52. The Labute approximate surface area is 111 Å². The smallest absolute Gasteiger partial charge is 0.266 e. The molecule has 0 aliphatic carbocycles. The van der Waals surface area contributed by atoms with Gasteiger partial charge < -0.3 is 5.32 Å². The summed E-state index contributed by atoms with van der Waals surface area (Å²) < 4.78 is 12.8. The van der Waals surface area contributed by atoms with Gasteiger partial charge in [0.15, 0.2) is 0 Å². The maximum Gasteiger partial charge on any atom is 0.266 e. The van der Waals surface area contributed by atoms with Crippen molar-refractivity contribution >= 4 is 11.8 Å². The van der Waals surface area contributed by atoms with Crippen LogP contribution in [0.3, 0.4) is 0 Å². The number of nitrogens with one attached hydrogen (secondary N) is 2. The van der Waals surface area contributed by atoms with Crippen molar-refractivity contribution in [3.63, 3.8) is 0 Å². The second-order valence-corrected chi connectivity index (χ2v) is 4.37. The van der Waals surface area contributed by atoms with Crippen LogP contribution in [0, 0.1) is 11.7 Å². The zero-order chi connectivity index (χ0) is 14.4. The molecule has 0 saturated carbocycles. The maximum absolute atomic E-state index is 12.8. The molecular weight excluding hydrogens is 251 g/mol. The summed E-state index contributed by atoms with van der Waals surface area (Å²) in [4.78, 5) is 28.2. The van der Waals surface area contributed by atoms with Crippen molar-refractivity contribution in [2.75, 3.05) is 7.11 Å². The number of amides is 2. The summed E-state index contributed by atoms with van der Waals surface area (Å²) in [6.07, 6.45) is 0. The summed E-state index contributed by atoms with van der Waals surface area (Å²) in [6.45, 7) is 3.59. The molecule has 1 aromatic rings. The van der Waals surface area contributed by atoms with Crippen LogP contribution in [0.4, 0.5) is 4.39 Å². The molecule has 104 valence electrons. The minimum absolute atomic E-state index is 0.112. The third-order valence-corrected chi connectivity index (χ3v) is 2.54. The average molecular weight is 268 g/mol. The number of benzene rings is 1.